The van der Waals surface area contributed by atoms with Crippen LogP contribution in [0, 0.1) is 0 Å². The summed E-state index contributed by atoms with van der Waals surface area (Å²) in [5.41, 5.74) is 1.53. The van der Waals surface area contributed by atoms with Gasteiger partial charge in [-0.25, -0.2) is 0 Å². The Morgan fingerprint density at radius 1 is 1.10 bits per heavy atom. The van der Waals surface area contributed by atoms with Crippen LogP contribution in [0.5, 0.6) is 5.75 Å². The van der Waals surface area contributed by atoms with E-state index in [9.17, 15) is 4.79 Å². The van der Waals surface area contributed by atoms with Gasteiger partial charge < -0.3 is 14.0 Å². The molecule has 0 unspecified atom stereocenters. The third kappa shape index (κ3) is 3.21. The highest BCUT2D eigenvalue weighted by molar-refractivity contribution is 6.30. The van der Waals surface area contributed by atoms with E-state index >= 15 is 0 Å². The molecule has 0 aliphatic heterocycles. The van der Waals surface area contributed by atoms with Gasteiger partial charge in [0, 0.05) is 14.2 Å². The fourth-order valence-electron chi connectivity index (χ4n) is 1.86. The van der Waals surface area contributed by atoms with Gasteiger partial charge in [-0.05, 0) is 42.0 Å². The lowest BCUT2D eigenvalue weighted by molar-refractivity contribution is 0.146. The van der Waals surface area contributed by atoms with Crippen molar-refractivity contribution in [2.75, 3.05) is 20.3 Å². The van der Waals surface area contributed by atoms with E-state index in [1.165, 1.54) is 4.57 Å². The molecule has 0 N–H and O–H groups in total. The first kappa shape index (κ1) is 14.6. The standard InChI is InChI=1S/C15H16ClNO3/c1-17-14(8-7-13(16)15(17)18)11-3-5-12(6-4-11)20-10-9-19-2/h3-8H,9-10H2,1-2H3. The summed E-state index contributed by atoms with van der Waals surface area (Å²) in [4.78, 5) is 11.8. The molecule has 0 radical (unpaired) electrons. The Labute approximate surface area is 122 Å². The third-order valence-electron chi connectivity index (χ3n) is 2.96. The van der Waals surface area contributed by atoms with Gasteiger partial charge in [0.2, 0.25) is 0 Å². The quantitative estimate of drug-likeness (QED) is 0.796. The maximum atomic E-state index is 11.8. The smallest absolute Gasteiger partial charge is 0.269 e. The Morgan fingerprint density at radius 3 is 2.45 bits per heavy atom. The minimum Gasteiger partial charge on any atom is -0.491 e. The molecule has 2 aromatic rings. The average molecular weight is 294 g/mol. The molecule has 0 bridgehead atoms. The predicted octanol–water partition coefficient (Wildman–Crippen LogP) is 2.73. The van der Waals surface area contributed by atoms with Crippen LogP contribution >= 0.6 is 11.6 Å². The summed E-state index contributed by atoms with van der Waals surface area (Å²) in [5, 5.41) is 0.218. The van der Waals surface area contributed by atoms with Crippen molar-refractivity contribution >= 4 is 11.6 Å². The molecule has 106 valence electrons. The highest BCUT2D eigenvalue weighted by Gasteiger charge is 2.06. The number of rotatable bonds is 5. The van der Waals surface area contributed by atoms with Gasteiger partial charge in [-0.3, -0.25) is 4.79 Å². The largest absolute Gasteiger partial charge is 0.491 e. The predicted molar refractivity (Wildman–Crippen MR) is 79.5 cm³/mol. The maximum absolute atomic E-state index is 11.8. The highest BCUT2D eigenvalue weighted by atomic mass is 35.5. The number of aromatic nitrogens is 1. The molecule has 0 aliphatic carbocycles. The van der Waals surface area contributed by atoms with Crippen LogP contribution in [-0.4, -0.2) is 24.9 Å². The van der Waals surface area contributed by atoms with Gasteiger partial charge in [-0.2, -0.15) is 0 Å². The van der Waals surface area contributed by atoms with Crippen molar-refractivity contribution in [1.82, 2.24) is 4.57 Å². The van der Waals surface area contributed by atoms with Crippen molar-refractivity contribution in [3.8, 4) is 17.0 Å². The second-order valence-electron chi connectivity index (χ2n) is 4.30. The van der Waals surface area contributed by atoms with E-state index in [0.717, 1.165) is 17.0 Å². The van der Waals surface area contributed by atoms with Crippen LogP contribution in [0.1, 0.15) is 0 Å². The summed E-state index contributed by atoms with van der Waals surface area (Å²) in [5.74, 6) is 0.768. The molecule has 1 aromatic heterocycles. The van der Waals surface area contributed by atoms with Crippen molar-refractivity contribution in [2.45, 2.75) is 0 Å². The van der Waals surface area contributed by atoms with E-state index in [-0.39, 0.29) is 10.6 Å². The molecule has 0 aliphatic rings. The zero-order valence-electron chi connectivity index (χ0n) is 11.4. The zero-order valence-corrected chi connectivity index (χ0v) is 12.2. The molecule has 0 atom stereocenters. The van der Waals surface area contributed by atoms with Gasteiger partial charge in [0.1, 0.15) is 17.4 Å². The van der Waals surface area contributed by atoms with Crippen LogP contribution in [0.25, 0.3) is 11.3 Å². The lowest BCUT2D eigenvalue weighted by Crippen LogP contribution is -2.18. The van der Waals surface area contributed by atoms with Crippen LogP contribution in [-0.2, 0) is 11.8 Å². The van der Waals surface area contributed by atoms with Crippen molar-refractivity contribution in [1.29, 1.82) is 0 Å². The summed E-state index contributed by atoms with van der Waals surface area (Å²) < 4.78 is 11.9. The minimum absolute atomic E-state index is 0.204. The second-order valence-corrected chi connectivity index (χ2v) is 4.70. The number of ether oxygens (including phenoxy) is 2. The van der Waals surface area contributed by atoms with Crippen LogP contribution < -0.4 is 10.3 Å². The molecule has 20 heavy (non-hydrogen) atoms. The van der Waals surface area contributed by atoms with Gasteiger partial charge in [-0.15, -0.1) is 0 Å². The normalized spacial score (nSPS) is 10.6. The minimum atomic E-state index is -0.204. The molecule has 1 aromatic carbocycles. The summed E-state index contributed by atoms with van der Waals surface area (Å²) >= 11 is 5.80. The SMILES string of the molecule is COCCOc1ccc(-c2ccc(Cl)c(=O)n2C)cc1. The summed E-state index contributed by atoms with van der Waals surface area (Å²) in [7, 11) is 3.33. The van der Waals surface area contributed by atoms with Gasteiger partial charge in [-0.1, -0.05) is 11.6 Å². The summed E-state index contributed by atoms with van der Waals surface area (Å²) in [6, 6.07) is 11.0. The summed E-state index contributed by atoms with van der Waals surface area (Å²) in [6.45, 7) is 1.06. The molecule has 1 heterocycles. The first-order valence-corrected chi connectivity index (χ1v) is 6.59. The molecule has 4 nitrogen and oxygen atoms in total. The number of halogens is 1. The maximum Gasteiger partial charge on any atom is 0.269 e. The number of hydrogen-bond acceptors (Lipinski definition) is 3. The summed E-state index contributed by atoms with van der Waals surface area (Å²) in [6.07, 6.45) is 0. The van der Waals surface area contributed by atoms with Crippen molar-refractivity contribution < 1.29 is 9.47 Å². The molecule has 5 heteroatoms. The monoisotopic (exact) mass is 293 g/mol. The Balaban J connectivity index is 2.22. The van der Waals surface area contributed by atoms with Gasteiger partial charge in [0.25, 0.3) is 5.56 Å². The Kier molecular flexibility index (Phi) is 4.82. The van der Waals surface area contributed by atoms with E-state index in [2.05, 4.69) is 0 Å². The number of methoxy groups -OCH3 is 1. The Hall–Kier alpha value is -1.78. The molecular formula is C15H16ClNO3. The van der Waals surface area contributed by atoms with E-state index in [0.29, 0.717) is 13.2 Å². The zero-order chi connectivity index (χ0) is 14.5. The Bertz CT molecular complexity index is 635. The second kappa shape index (κ2) is 6.59. The number of nitrogens with zero attached hydrogens (tertiary/aromatic N) is 1. The highest BCUT2D eigenvalue weighted by Crippen LogP contribution is 2.22. The van der Waals surface area contributed by atoms with Gasteiger partial charge in [0.15, 0.2) is 0 Å². The van der Waals surface area contributed by atoms with Crippen molar-refractivity contribution in [3.63, 3.8) is 0 Å². The lowest BCUT2D eigenvalue weighted by atomic mass is 10.1. The lowest BCUT2D eigenvalue weighted by Gasteiger charge is -2.10. The molecule has 0 saturated heterocycles. The molecule has 0 fully saturated rings. The van der Waals surface area contributed by atoms with Crippen LogP contribution in [0.15, 0.2) is 41.2 Å². The van der Waals surface area contributed by atoms with Gasteiger partial charge in [0.05, 0.1) is 12.3 Å². The first-order valence-electron chi connectivity index (χ1n) is 6.21. The van der Waals surface area contributed by atoms with E-state index < -0.39 is 0 Å². The number of benzene rings is 1. The molecule has 0 amide bonds. The van der Waals surface area contributed by atoms with Crippen molar-refractivity contribution in [2.24, 2.45) is 7.05 Å². The van der Waals surface area contributed by atoms with E-state index in [1.807, 2.05) is 30.3 Å². The van der Waals surface area contributed by atoms with Gasteiger partial charge >= 0.3 is 0 Å². The van der Waals surface area contributed by atoms with Crippen molar-refractivity contribution in [3.05, 3.63) is 51.8 Å². The Morgan fingerprint density at radius 2 is 1.80 bits per heavy atom. The van der Waals surface area contributed by atoms with Crippen LogP contribution in [0.3, 0.4) is 0 Å². The first-order chi connectivity index (χ1) is 9.63. The fraction of sp³-hybridized carbons (Fsp3) is 0.267. The number of hydrogen-bond donors (Lipinski definition) is 0. The number of pyridine rings is 1. The molecule has 2 rings (SSSR count). The third-order valence-corrected chi connectivity index (χ3v) is 3.25. The molecular weight excluding hydrogens is 278 g/mol. The van der Waals surface area contributed by atoms with E-state index in [1.54, 1.807) is 20.2 Å². The topological polar surface area (TPSA) is 40.5 Å². The van der Waals surface area contributed by atoms with E-state index in [4.69, 9.17) is 21.1 Å². The van der Waals surface area contributed by atoms with Crippen LogP contribution in [0.2, 0.25) is 5.02 Å². The fourth-order valence-corrected chi connectivity index (χ4v) is 2.05. The average Bonchev–Trinajstić information content (AvgIpc) is 2.46. The van der Waals surface area contributed by atoms with Crippen LogP contribution in [0.4, 0.5) is 0 Å². The molecule has 0 saturated carbocycles. The molecule has 0 spiro atoms.